The van der Waals surface area contributed by atoms with Crippen LogP contribution in [-0.2, 0) is 0 Å². The first-order valence-electron chi connectivity index (χ1n) is 4.42. The highest BCUT2D eigenvalue weighted by molar-refractivity contribution is 14.1. The average Bonchev–Trinajstić information content (AvgIpc) is 2.29. The zero-order chi connectivity index (χ0) is 12.8. The molecule has 4 nitrogen and oxygen atoms in total. The van der Waals surface area contributed by atoms with E-state index >= 15 is 0 Å². The molecule has 0 atom stereocenters. The fourth-order valence-electron chi connectivity index (χ4n) is 0.812. The largest absolute Gasteiger partial charge is 0.384 e. The number of hydrogen-bond acceptors (Lipinski definition) is 4. The van der Waals surface area contributed by atoms with Gasteiger partial charge in [-0.25, -0.2) is 9.97 Å². The van der Waals surface area contributed by atoms with Crippen LogP contribution in [0.5, 0.6) is 0 Å². The van der Waals surface area contributed by atoms with Crippen LogP contribution in [0.3, 0.4) is 0 Å². The maximum Gasteiger partial charge on any atom is 0.136 e. The Morgan fingerprint density at radius 1 is 1.00 bits per heavy atom. The van der Waals surface area contributed by atoms with Gasteiger partial charge in [-0.1, -0.05) is 23.2 Å². The topological polar surface area (TPSA) is 77.8 Å². The van der Waals surface area contributed by atoms with Gasteiger partial charge in [-0.15, -0.1) is 0 Å². The van der Waals surface area contributed by atoms with E-state index in [4.69, 9.17) is 34.7 Å². The molecule has 0 aliphatic heterocycles. The molecule has 0 unspecified atom stereocenters. The minimum Gasteiger partial charge on any atom is -0.384 e. The Morgan fingerprint density at radius 3 is 2.06 bits per heavy atom. The molecular weight excluding hydrogens is 374 g/mol. The van der Waals surface area contributed by atoms with Gasteiger partial charge < -0.3 is 11.5 Å². The molecule has 17 heavy (non-hydrogen) atoms. The standard InChI is InChI=1S/C5H4ClIN2.C5H5ClN2/c6-3-1-4(7)5(8)9-2-3;6-4-1-2-5(7)8-3-4/h1-2H,(H2,8,9);1-3H,(H2,7,8). The number of nitrogens with two attached hydrogens (primary N) is 2. The fraction of sp³-hybridized carbons (Fsp3) is 0. The maximum absolute atomic E-state index is 5.59. The van der Waals surface area contributed by atoms with E-state index in [1.807, 2.05) is 0 Å². The number of rotatable bonds is 0. The van der Waals surface area contributed by atoms with Crippen LogP contribution in [0.15, 0.2) is 30.6 Å². The van der Waals surface area contributed by atoms with Crippen LogP contribution in [0.2, 0.25) is 10.0 Å². The number of nitrogens with zero attached hydrogens (tertiary/aromatic N) is 2. The van der Waals surface area contributed by atoms with Gasteiger partial charge in [0.15, 0.2) is 0 Å². The summed E-state index contributed by atoms with van der Waals surface area (Å²) in [5.41, 5.74) is 10.7. The molecule has 0 radical (unpaired) electrons. The minimum absolute atomic E-state index is 0.495. The Bertz CT molecular complexity index is 469. The van der Waals surface area contributed by atoms with Crippen molar-refractivity contribution in [3.8, 4) is 0 Å². The molecule has 0 saturated heterocycles. The Balaban J connectivity index is 0.000000171. The molecule has 2 aromatic rings. The van der Waals surface area contributed by atoms with Crippen LogP contribution in [0.25, 0.3) is 0 Å². The summed E-state index contributed by atoms with van der Waals surface area (Å²) in [5, 5.41) is 1.23. The van der Waals surface area contributed by atoms with Crippen molar-refractivity contribution in [1.82, 2.24) is 9.97 Å². The first-order chi connectivity index (χ1) is 7.99. The Hall–Kier alpha value is -0.790. The predicted molar refractivity (Wildman–Crippen MR) is 80.0 cm³/mol. The summed E-state index contributed by atoms with van der Waals surface area (Å²) in [6.45, 7) is 0. The Labute approximate surface area is 122 Å². The predicted octanol–water partition coefficient (Wildman–Crippen LogP) is 3.24. The summed E-state index contributed by atoms with van der Waals surface area (Å²) in [6, 6.07) is 5.12. The number of nitrogen functional groups attached to an aromatic ring is 2. The van der Waals surface area contributed by atoms with Crippen LogP contribution in [-0.4, -0.2) is 9.97 Å². The summed E-state index contributed by atoms with van der Waals surface area (Å²) >= 11 is 13.2. The van der Waals surface area contributed by atoms with E-state index < -0.39 is 0 Å². The molecule has 0 bridgehead atoms. The van der Waals surface area contributed by atoms with Crippen LogP contribution in [0.4, 0.5) is 11.6 Å². The summed E-state index contributed by atoms with van der Waals surface area (Å²) in [6.07, 6.45) is 3.04. The van der Waals surface area contributed by atoms with E-state index in [2.05, 4.69) is 32.6 Å². The number of pyridine rings is 2. The molecule has 0 fully saturated rings. The molecule has 7 heteroatoms. The smallest absolute Gasteiger partial charge is 0.136 e. The van der Waals surface area contributed by atoms with E-state index in [1.165, 1.54) is 12.4 Å². The van der Waals surface area contributed by atoms with Crippen molar-refractivity contribution in [1.29, 1.82) is 0 Å². The van der Waals surface area contributed by atoms with Crippen molar-refractivity contribution >= 4 is 57.4 Å². The molecular formula is C10H9Cl2IN4. The van der Waals surface area contributed by atoms with E-state index in [1.54, 1.807) is 18.2 Å². The number of halogens is 3. The third kappa shape index (κ3) is 5.38. The van der Waals surface area contributed by atoms with Crippen molar-refractivity contribution < 1.29 is 0 Å². The van der Waals surface area contributed by atoms with Crippen LogP contribution >= 0.6 is 45.8 Å². The van der Waals surface area contributed by atoms with Gasteiger partial charge in [-0.05, 0) is 40.8 Å². The summed E-state index contributed by atoms with van der Waals surface area (Å²) in [5.74, 6) is 1.02. The Kier molecular flexibility index (Phi) is 5.73. The van der Waals surface area contributed by atoms with E-state index in [0.29, 0.717) is 21.7 Å². The average molecular weight is 383 g/mol. The first kappa shape index (κ1) is 14.3. The lowest BCUT2D eigenvalue weighted by Crippen LogP contribution is -1.91. The van der Waals surface area contributed by atoms with Gasteiger partial charge in [0, 0.05) is 12.4 Å². The molecule has 0 aromatic carbocycles. The molecule has 0 saturated carbocycles. The van der Waals surface area contributed by atoms with Gasteiger partial charge in [-0.2, -0.15) is 0 Å². The maximum atomic E-state index is 5.59. The second kappa shape index (κ2) is 6.83. The highest BCUT2D eigenvalue weighted by atomic mass is 127. The molecule has 2 aromatic heterocycles. The van der Waals surface area contributed by atoms with Gasteiger partial charge >= 0.3 is 0 Å². The van der Waals surface area contributed by atoms with Crippen molar-refractivity contribution in [2.45, 2.75) is 0 Å². The van der Waals surface area contributed by atoms with E-state index in [-0.39, 0.29) is 0 Å². The van der Waals surface area contributed by atoms with Crippen molar-refractivity contribution in [2.24, 2.45) is 0 Å². The number of hydrogen-bond donors (Lipinski definition) is 2. The van der Waals surface area contributed by atoms with Crippen molar-refractivity contribution in [3.05, 3.63) is 44.2 Å². The second-order valence-electron chi connectivity index (χ2n) is 2.92. The molecule has 2 rings (SSSR count). The third-order valence-corrected chi connectivity index (χ3v) is 2.88. The molecule has 4 N–H and O–H groups in total. The Morgan fingerprint density at radius 2 is 1.65 bits per heavy atom. The van der Waals surface area contributed by atoms with Crippen LogP contribution in [0, 0.1) is 3.57 Å². The normalized spacial score (nSPS) is 9.35. The lowest BCUT2D eigenvalue weighted by Gasteiger charge is -1.94. The van der Waals surface area contributed by atoms with Crippen LogP contribution < -0.4 is 11.5 Å². The highest BCUT2D eigenvalue weighted by Crippen LogP contribution is 2.15. The van der Waals surface area contributed by atoms with Gasteiger partial charge in [0.2, 0.25) is 0 Å². The van der Waals surface area contributed by atoms with Gasteiger partial charge in [0.05, 0.1) is 13.6 Å². The van der Waals surface area contributed by atoms with Crippen LogP contribution in [0.1, 0.15) is 0 Å². The molecule has 0 spiro atoms. The fourth-order valence-corrected chi connectivity index (χ4v) is 1.74. The first-order valence-corrected chi connectivity index (χ1v) is 6.26. The number of anilines is 2. The van der Waals surface area contributed by atoms with Gasteiger partial charge in [0.1, 0.15) is 11.6 Å². The molecule has 2 heterocycles. The molecule has 0 aliphatic rings. The van der Waals surface area contributed by atoms with E-state index in [0.717, 1.165) is 3.57 Å². The van der Waals surface area contributed by atoms with Gasteiger partial charge in [0.25, 0.3) is 0 Å². The van der Waals surface area contributed by atoms with Crippen molar-refractivity contribution in [2.75, 3.05) is 11.5 Å². The minimum atomic E-state index is 0.495. The van der Waals surface area contributed by atoms with Gasteiger partial charge in [-0.3, -0.25) is 0 Å². The third-order valence-electron chi connectivity index (χ3n) is 1.59. The zero-order valence-electron chi connectivity index (χ0n) is 8.57. The molecule has 90 valence electrons. The quantitative estimate of drug-likeness (QED) is 0.685. The van der Waals surface area contributed by atoms with Crippen molar-refractivity contribution in [3.63, 3.8) is 0 Å². The lowest BCUT2D eigenvalue weighted by atomic mass is 10.5. The summed E-state index contributed by atoms with van der Waals surface area (Å²) < 4.78 is 0.889. The summed E-state index contributed by atoms with van der Waals surface area (Å²) in [7, 11) is 0. The lowest BCUT2D eigenvalue weighted by molar-refractivity contribution is 1.32. The van der Waals surface area contributed by atoms with E-state index in [9.17, 15) is 0 Å². The molecule has 0 amide bonds. The second-order valence-corrected chi connectivity index (χ2v) is 4.96. The molecule has 0 aliphatic carbocycles. The number of aromatic nitrogens is 2. The zero-order valence-corrected chi connectivity index (χ0v) is 12.2. The summed E-state index contributed by atoms with van der Waals surface area (Å²) in [4.78, 5) is 7.54. The highest BCUT2D eigenvalue weighted by Gasteiger charge is 1.94. The SMILES string of the molecule is Nc1ccc(Cl)cn1.Nc1ncc(Cl)cc1I. The monoisotopic (exact) mass is 382 g/mol.